The van der Waals surface area contributed by atoms with Crippen LogP contribution in [-0.2, 0) is 4.74 Å². The van der Waals surface area contributed by atoms with Crippen LogP contribution >= 0.6 is 0 Å². The Morgan fingerprint density at radius 2 is 2.05 bits per heavy atom. The number of aromatic nitrogens is 1. The van der Waals surface area contributed by atoms with Crippen LogP contribution in [-0.4, -0.2) is 25.5 Å². The van der Waals surface area contributed by atoms with Gasteiger partial charge in [-0.2, -0.15) is 4.73 Å². The number of hydrogen-bond acceptors (Lipinski definition) is 5. The zero-order valence-corrected chi connectivity index (χ0v) is 11.6. The molecule has 1 aromatic carbocycles. The van der Waals surface area contributed by atoms with Crippen molar-refractivity contribution in [3.8, 4) is 5.75 Å². The number of pyridine rings is 1. The highest BCUT2D eigenvalue weighted by Gasteiger charge is 2.19. The second-order valence-electron chi connectivity index (χ2n) is 4.26. The quantitative estimate of drug-likeness (QED) is 0.362. The van der Waals surface area contributed by atoms with E-state index < -0.39 is 24.2 Å². The number of carbonyl (C=O) groups is 2. The van der Waals surface area contributed by atoms with Crippen molar-refractivity contribution in [1.82, 2.24) is 0 Å². The number of methoxy groups -OCH3 is 1. The summed E-state index contributed by atoms with van der Waals surface area (Å²) < 4.78 is 23.3. The van der Waals surface area contributed by atoms with Crippen molar-refractivity contribution in [1.29, 1.82) is 0 Å². The van der Waals surface area contributed by atoms with Gasteiger partial charge in [0.1, 0.15) is 0 Å². The molecule has 0 N–H and O–H groups in total. The van der Waals surface area contributed by atoms with Crippen molar-refractivity contribution in [3.63, 3.8) is 0 Å². The molecule has 7 heteroatoms. The highest BCUT2D eigenvalue weighted by Crippen LogP contribution is 2.18. The van der Waals surface area contributed by atoms with E-state index in [1.165, 1.54) is 37.4 Å². The molecule has 1 aromatic heterocycles. The highest BCUT2D eigenvalue weighted by molar-refractivity contribution is 5.98. The Bertz CT molecular complexity index is 717. The molecule has 114 valence electrons. The maximum absolute atomic E-state index is 13.5. The molecule has 0 aliphatic heterocycles. The van der Waals surface area contributed by atoms with Crippen LogP contribution < -0.4 is 9.47 Å². The van der Waals surface area contributed by atoms with Gasteiger partial charge in [0.25, 0.3) is 0 Å². The van der Waals surface area contributed by atoms with Crippen LogP contribution in [0, 0.1) is 11.0 Å². The second kappa shape index (κ2) is 6.66. The van der Waals surface area contributed by atoms with Crippen LogP contribution in [0.3, 0.4) is 0 Å². The van der Waals surface area contributed by atoms with Gasteiger partial charge in [0, 0.05) is 17.7 Å². The molecule has 22 heavy (non-hydrogen) atoms. The van der Waals surface area contributed by atoms with E-state index in [0.29, 0.717) is 4.73 Å². The molecule has 0 atom stereocenters. The van der Waals surface area contributed by atoms with E-state index in [9.17, 15) is 19.2 Å². The molecule has 0 unspecified atom stereocenters. The van der Waals surface area contributed by atoms with Crippen molar-refractivity contribution < 1.29 is 28.2 Å². The zero-order valence-electron chi connectivity index (χ0n) is 11.6. The van der Waals surface area contributed by atoms with Crippen molar-refractivity contribution in [2.75, 3.05) is 13.7 Å². The number of nitrogens with zero attached hydrogens (tertiary/aromatic N) is 1. The van der Waals surface area contributed by atoms with E-state index in [-0.39, 0.29) is 17.0 Å². The first-order valence-corrected chi connectivity index (χ1v) is 6.25. The number of Topliss-reactive ketones (excluding diaryl/α,β-unsaturated/α-hetero) is 1. The fraction of sp³-hybridized carbons (Fsp3) is 0.133. The topological polar surface area (TPSA) is 79.5 Å². The van der Waals surface area contributed by atoms with Gasteiger partial charge in [0.15, 0.2) is 30.2 Å². The van der Waals surface area contributed by atoms with E-state index in [0.717, 1.165) is 12.3 Å². The number of ether oxygens (including phenoxy) is 2. The number of esters is 1. The molecular weight excluding hydrogens is 293 g/mol. The van der Waals surface area contributed by atoms with Crippen LogP contribution in [0.15, 0.2) is 42.6 Å². The van der Waals surface area contributed by atoms with Crippen LogP contribution in [0.5, 0.6) is 5.75 Å². The first-order valence-electron chi connectivity index (χ1n) is 6.25. The van der Waals surface area contributed by atoms with Gasteiger partial charge in [-0.25, -0.2) is 9.18 Å². The van der Waals surface area contributed by atoms with Crippen molar-refractivity contribution in [3.05, 3.63) is 64.9 Å². The lowest BCUT2D eigenvalue weighted by Crippen LogP contribution is -2.35. The van der Waals surface area contributed by atoms with Crippen LogP contribution in [0.4, 0.5) is 4.39 Å². The summed E-state index contributed by atoms with van der Waals surface area (Å²) in [6.45, 7) is -0.598. The standard InChI is InChI=1S/C15H12FNO5/c1-21-14-6-5-10(8-11(14)16)13(18)9-22-15(19)12-4-2-3-7-17(12)20/h2-8H,9H2,1H3. The number of carbonyl (C=O) groups excluding carboxylic acids is 2. The number of hydrogen-bond donors (Lipinski definition) is 0. The fourth-order valence-electron chi connectivity index (χ4n) is 1.71. The molecule has 0 fully saturated rings. The number of rotatable bonds is 5. The van der Waals surface area contributed by atoms with Gasteiger partial charge >= 0.3 is 11.7 Å². The van der Waals surface area contributed by atoms with Crippen molar-refractivity contribution in [2.24, 2.45) is 0 Å². The molecule has 0 radical (unpaired) electrons. The second-order valence-corrected chi connectivity index (χ2v) is 4.26. The summed E-state index contributed by atoms with van der Waals surface area (Å²) >= 11 is 0. The van der Waals surface area contributed by atoms with E-state index in [2.05, 4.69) is 0 Å². The molecule has 0 aliphatic carbocycles. The van der Waals surface area contributed by atoms with E-state index >= 15 is 0 Å². The van der Waals surface area contributed by atoms with Crippen molar-refractivity contribution >= 4 is 11.8 Å². The van der Waals surface area contributed by atoms with Gasteiger partial charge in [-0.3, -0.25) is 4.79 Å². The minimum atomic E-state index is -0.932. The molecule has 0 bridgehead atoms. The lowest BCUT2D eigenvalue weighted by atomic mass is 10.1. The Kier molecular flexibility index (Phi) is 4.67. The maximum Gasteiger partial charge on any atom is 0.405 e. The number of benzene rings is 1. The first kappa shape index (κ1) is 15.4. The molecule has 6 nitrogen and oxygen atoms in total. The average molecular weight is 305 g/mol. The van der Waals surface area contributed by atoms with Gasteiger partial charge < -0.3 is 14.7 Å². The summed E-state index contributed by atoms with van der Waals surface area (Å²) in [6, 6.07) is 7.86. The largest absolute Gasteiger partial charge is 0.618 e. The third-order valence-corrected chi connectivity index (χ3v) is 2.84. The predicted molar refractivity (Wildman–Crippen MR) is 73.0 cm³/mol. The monoisotopic (exact) mass is 305 g/mol. The first-order chi connectivity index (χ1) is 10.5. The SMILES string of the molecule is COc1ccc(C(=O)COC(=O)c2cccc[n+]2[O-])cc1F. The molecule has 0 spiro atoms. The molecular formula is C15H12FNO5. The van der Waals surface area contributed by atoms with Gasteiger partial charge in [0.05, 0.1) is 7.11 Å². The summed E-state index contributed by atoms with van der Waals surface area (Å²) in [6.07, 6.45) is 1.14. The Morgan fingerprint density at radius 1 is 1.27 bits per heavy atom. The van der Waals surface area contributed by atoms with Crippen LogP contribution in [0.1, 0.15) is 20.8 Å². The Labute approximate surface area is 125 Å². The fourth-order valence-corrected chi connectivity index (χ4v) is 1.71. The molecule has 0 saturated heterocycles. The van der Waals surface area contributed by atoms with Crippen LogP contribution in [0.2, 0.25) is 0 Å². The van der Waals surface area contributed by atoms with Crippen LogP contribution in [0.25, 0.3) is 0 Å². The molecule has 0 aliphatic rings. The number of halogens is 1. The summed E-state index contributed by atoms with van der Waals surface area (Å²) in [5.41, 5.74) is -0.203. The van der Waals surface area contributed by atoms with E-state index in [4.69, 9.17) is 9.47 Å². The molecule has 2 aromatic rings. The Hall–Kier alpha value is -2.96. The predicted octanol–water partition coefficient (Wildman–Crippen LogP) is 1.51. The molecule has 2 rings (SSSR count). The Morgan fingerprint density at radius 3 is 2.68 bits per heavy atom. The summed E-state index contributed by atoms with van der Waals surface area (Å²) in [4.78, 5) is 23.5. The molecule has 0 saturated carbocycles. The zero-order chi connectivity index (χ0) is 16.1. The van der Waals surface area contributed by atoms with E-state index in [1.807, 2.05) is 0 Å². The molecule has 1 heterocycles. The van der Waals surface area contributed by atoms with Gasteiger partial charge in [-0.1, -0.05) is 0 Å². The minimum absolute atomic E-state index is 0.00484. The summed E-state index contributed by atoms with van der Waals surface area (Å²) in [7, 11) is 1.31. The summed E-state index contributed by atoms with van der Waals surface area (Å²) in [5, 5.41) is 11.4. The lowest BCUT2D eigenvalue weighted by molar-refractivity contribution is -0.608. The smallest absolute Gasteiger partial charge is 0.405 e. The van der Waals surface area contributed by atoms with E-state index in [1.54, 1.807) is 0 Å². The highest BCUT2D eigenvalue weighted by atomic mass is 19.1. The third kappa shape index (κ3) is 3.38. The lowest BCUT2D eigenvalue weighted by Gasteiger charge is -2.06. The van der Waals surface area contributed by atoms with Crippen molar-refractivity contribution in [2.45, 2.75) is 0 Å². The summed E-state index contributed by atoms with van der Waals surface area (Å²) in [5.74, 6) is -2.22. The minimum Gasteiger partial charge on any atom is -0.618 e. The van der Waals surface area contributed by atoms with Gasteiger partial charge in [-0.05, 0) is 24.3 Å². The normalized spacial score (nSPS) is 10.1. The van der Waals surface area contributed by atoms with Gasteiger partial charge in [-0.15, -0.1) is 0 Å². The maximum atomic E-state index is 13.5. The third-order valence-electron chi connectivity index (χ3n) is 2.84. The van der Waals surface area contributed by atoms with Gasteiger partial charge in [0.2, 0.25) is 0 Å². The molecule has 0 amide bonds. The number of ketones is 1. The Balaban J connectivity index is 2.02. The average Bonchev–Trinajstić information content (AvgIpc) is 2.52.